The van der Waals surface area contributed by atoms with Crippen LogP contribution < -0.4 is 5.73 Å². The summed E-state index contributed by atoms with van der Waals surface area (Å²) in [5, 5.41) is 1.00. The summed E-state index contributed by atoms with van der Waals surface area (Å²) < 4.78 is 5.20. The molecule has 1 aromatic carbocycles. The summed E-state index contributed by atoms with van der Waals surface area (Å²) in [7, 11) is 1.70. The van der Waals surface area contributed by atoms with Gasteiger partial charge >= 0.3 is 0 Å². The molecule has 0 spiro atoms. The maximum absolute atomic E-state index is 5.85. The standard InChI is InChI=1S/C13H16N2OS/c1-9(14)12-7-15-13(17-12)11-6-4-3-5-10(11)8-16-2/h3-7,9H,8,14H2,1-2H3. The molecule has 0 saturated heterocycles. The average molecular weight is 248 g/mol. The Morgan fingerprint density at radius 3 is 2.82 bits per heavy atom. The van der Waals surface area contributed by atoms with E-state index in [0.29, 0.717) is 6.61 Å². The van der Waals surface area contributed by atoms with Crippen LogP contribution in [0.2, 0.25) is 0 Å². The molecule has 0 saturated carbocycles. The summed E-state index contributed by atoms with van der Waals surface area (Å²) in [6.45, 7) is 2.57. The number of thiazole rings is 1. The molecule has 0 amide bonds. The molecule has 1 unspecified atom stereocenters. The summed E-state index contributed by atoms with van der Waals surface area (Å²) >= 11 is 1.64. The third kappa shape index (κ3) is 2.72. The second-order valence-electron chi connectivity index (χ2n) is 3.95. The molecule has 0 aliphatic carbocycles. The summed E-state index contributed by atoms with van der Waals surface area (Å²) in [5.41, 5.74) is 8.13. The zero-order chi connectivity index (χ0) is 12.3. The Morgan fingerprint density at radius 2 is 2.18 bits per heavy atom. The minimum atomic E-state index is 0.0378. The number of rotatable bonds is 4. The van der Waals surface area contributed by atoms with Crippen LogP contribution in [0.4, 0.5) is 0 Å². The van der Waals surface area contributed by atoms with E-state index in [4.69, 9.17) is 10.5 Å². The van der Waals surface area contributed by atoms with Crippen LogP contribution in [-0.2, 0) is 11.3 Å². The molecule has 0 bridgehead atoms. The van der Waals surface area contributed by atoms with Crippen LogP contribution >= 0.6 is 11.3 Å². The van der Waals surface area contributed by atoms with E-state index < -0.39 is 0 Å². The molecule has 2 rings (SSSR count). The predicted molar refractivity (Wildman–Crippen MR) is 70.9 cm³/mol. The Hall–Kier alpha value is -1.23. The molecule has 1 atom stereocenters. The van der Waals surface area contributed by atoms with Crippen molar-refractivity contribution in [2.75, 3.05) is 7.11 Å². The number of benzene rings is 1. The molecule has 4 heteroatoms. The van der Waals surface area contributed by atoms with Gasteiger partial charge in [-0.3, -0.25) is 0 Å². The SMILES string of the molecule is COCc1ccccc1-c1ncc(C(C)N)s1. The van der Waals surface area contributed by atoms with E-state index in [0.717, 1.165) is 21.0 Å². The highest BCUT2D eigenvalue weighted by atomic mass is 32.1. The summed E-state index contributed by atoms with van der Waals surface area (Å²) in [4.78, 5) is 5.54. The van der Waals surface area contributed by atoms with Crippen LogP contribution in [-0.4, -0.2) is 12.1 Å². The molecule has 2 aromatic rings. The molecule has 17 heavy (non-hydrogen) atoms. The van der Waals surface area contributed by atoms with E-state index in [1.54, 1.807) is 18.4 Å². The van der Waals surface area contributed by atoms with E-state index in [9.17, 15) is 0 Å². The van der Waals surface area contributed by atoms with Crippen molar-refractivity contribution < 1.29 is 4.74 Å². The molecule has 1 aromatic heterocycles. The van der Waals surface area contributed by atoms with Crippen LogP contribution in [0, 0.1) is 0 Å². The van der Waals surface area contributed by atoms with E-state index in [2.05, 4.69) is 17.1 Å². The summed E-state index contributed by atoms with van der Waals surface area (Å²) in [6.07, 6.45) is 1.86. The van der Waals surface area contributed by atoms with Gasteiger partial charge in [0.1, 0.15) is 5.01 Å². The number of hydrogen-bond acceptors (Lipinski definition) is 4. The zero-order valence-corrected chi connectivity index (χ0v) is 10.8. The fraction of sp³-hybridized carbons (Fsp3) is 0.308. The average Bonchev–Trinajstić information content (AvgIpc) is 2.79. The van der Waals surface area contributed by atoms with Gasteiger partial charge in [-0.1, -0.05) is 24.3 Å². The first-order chi connectivity index (χ1) is 8.22. The second-order valence-corrected chi connectivity index (χ2v) is 5.01. The van der Waals surface area contributed by atoms with Crippen molar-refractivity contribution in [3.8, 4) is 10.6 Å². The third-order valence-electron chi connectivity index (χ3n) is 2.52. The highest BCUT2D eigenvalue weighted by molar-refractivity contribution is 7.15. The number of ether oxygens (including phenoxy) is 1. The van der Waals surface area contributed by atoms with Crippen molar-refractivity contribution in [1.29, 1.82) is 0 Å². The smallest absolute Gasteiger partial charge is 0.123 e. The van der Waals surface area contributed by atoms with Gasteiger partial charge in [-0.05, 0) is 12.5 Å². The Balaban J connectivity index is 2.38. The van der Waals surface area contributed by atoms with E-state index in [-0.39, 0.29) is 6.04 Å². The monoisotopic (exact) mass is 248 g/mol. The first kappa shape index (κ1) is 12.2. The van der Waals surface area contributed by atoms with Gasteiger partial charge in [0.15, 0.2) is 0 Å². The second kappa shape index (κ2) is 5.40. The van der Waals surface area contributed by atoms with Gasteiger partial charge in [0.05, 0.1) is 6.61 Å². The molecule has 90 valence electrons. The minimum absolute atomic E-state index is 0.0378. The first-order valence-corrected chi connectivity index (χ1v) is 6.32. The van der Waals surface area contributed by atoms with Gasteiger partial charge in [-0.25, -0.2) is 4.98 Å². The third-order valence-corrected chi connectivity index (χ3v) is 3.75. The predicted octanol–water partition coefficient (Wildman–Crippen LogP) is 2.98. The lowest BCUT2D eigenvalue weighted by Crippen LogP contribution is -2.01. The fourth-order valence-electron chi connectivity index (χ4n) is 1.63. The molecule has 0 aliphatic heterocycles. The number of hydrogen-bond donors (Lipinski definition) is 1. The number of nitrogens with zero attached hydrogens (tertiary/aromatic N) is 1. The molecule has 1 heterocycles. The maximum Gasteiger partial charge on any atom is 0.123 e. The molecular weight excluding hydrogens is 232 g/mol. The number of methoxy groups -OCH3 is 1. The zero-order valence-electron chi connectivity index (χ0n) is 10.0. The Kier molecular flexibility index (Phi) is 3.89. The van der Waals surface area contributed by atoms with Crippen LogP contribution in [0.3, 0.4) is 0 Å². The van der Waals surface area contributed by atoms with Gasteiger partial charge in [-0.2, -0.15) is 0 Å². The Bertz CT molecular complexity index is 494. The van der Waals surface area contributed by atoms with Crippen molar-refractivity contribution in [3.63, 3.8) is 0 Å². The van der Waals surface area contributed by atoms with E-state index in [1.165, 1.54) is 0 Å². The fourth-order valence-corrected chi connectivity index (χ4v) is 2.56. The van der Waals surface area contributed by atoms with Crippen LogP contribution in [0.5, 0.6) is 0 Å². The van der Waals surface area contributed by atoms with Gasteiger partial charge < -0.3 is 10.5 Å². The Morgan fingerprint density at radius 1 is 1.41 bits per heavy atom. The lowest BCUT2D eigenvalue weighted by Gasteiger charge is -2.05. The molecule has 2 N–H and O–H groups in total. The molecule has 0 aliphatic rings. The first-order valence-electron chi connectivity index (χ1n) is 5.51. The molecule has 0 radical (unpaired) electrons. The van der Waals surface area contributed by atoms with Crippen LogP contribution in [0.25, 0.3) is 10.6 Å². The highest BCUT2D eigenvalue weighted by Crippen LogP contribution is 2.30. The highest BCUT2D eigenvalue weighted by Gasteiger charge is 2.10. The normalized spacial score (nSPS) is 12.6. The topological polar surface area (TPSA) is 48.1 Å². The van der Waals surface area contributed by atoms with Crippen molar-refractivity contribution >= 4 is 11.3 Å². The molecule has 0 fully saturated rings. The van der Waals surface area contributed by atoms with Gasteiger partial charge in [0.25, 0.3) is 0 Å². The summed E-state index contributed by atoms with van der Waals surface area (Å²) in [6, 6.07) is 8.19. The van der Waals surface area contributed by atoms with Crippen molar-refractivity contribution in [2.45, 2.75) is 19.6 Å². The summed E-state index contributed by atoms with van der Waals surface area (Å²) in [5.74, 6) is 0. The number of nitrogens with two attached hydrogens (primary N) is 1. The van der Waals surface area contributed by atoms with Gasteiger partial charge in [0, 0.05) is 29.8 Å². The van der Waals surface area contributed by atoms with Crippen molar-refractivity contribution in [1.82, 2.24) is 4.98 Å². The molecule has 3 nitrogen and oxygen atoms in total. The quantitative estimate of drug-likeness (QED) is 0.905. The minimum Gasteiger partial charge on any atom is -0.380 e. The van der Waals surface area contributed by atoms with Gasteiger partial charge in [0.2, 0.25) is 0 Å². The maximum atomic E-state index is 5.85. The van der Waals surface area contributed by atoms with Crippen LogP contribution in [0.15, 0.2) is 30.5 Å². The van der Waals surface area contributed by atoms with Crippen molar-refractivity contribution in [3.05, 3.63) is 40.9 Å². The molecular formula is C13H16N2OS. The lowest BCUT2D eigenvalue weighted by molar-refractivity contribution is 0.185. The van der Waals surface area contributed by atoms with Crippen molar-refractivity contribution in [2.24, 2.45) is 5.73 Å². The van der Waals surface area contributed by atoms with E-state index in [1.807, 2.05) is 25.3 Å². The lowest BCUT2D eigenvalue weighted by atomic mass is 10.1. The van der Waals surface area contributed by atoms with E-state index >= 15 is 0 Å². The van der Waals surface area contributed by atoms with Crippen LogP contribution in [0.1, 0.15) is 23.4 Å². The largest absolute Gasteiger partial charge is 0.380 e. The number of aromatic nitrogens is 1. The Labute approximate surface area is 105 Å². The van der Waals surface area contributed by atoms with Gasteiger partial charge in [-0.15, -0.1) is 11.3 Å².